The number of halogens is 15. The molecule has 0 atom stereocenters. The first-order valence-corrected chi connectivity index (χ1v) is 26.0. The molecule has 2 N–H and O–H groups in total. The van der Waals surface area contributed by atoms with Gasteiger partial charge in [0.15, 0.2) is 0 Å². The van der Waals surface area contributed by atoms with Crippen LogP contribution in [-0.4, -0.2) is 43.5 Å². The summed E-state index contributed by atoms with van der Waals surface area (Å²) < 4.78 is 202. The van der Waals surface area contributed by atoms with E-state index in [1.807, 2.05) is 47.6 Å². The fraction of sp³-hybridized carbons (Fsp3) is 0.419. The van der Waals surface area contributed by atoms with Crippen molar-refractivity contribution in [3.05, 3.63) is 171 Å². The lowest BCUT2D eigenvalue weighted by molar-refractivity contribution is -0.275. The van der Waals surface area contributed by atoms with Gasteiger partial charge in [-0.25, -0.2) is 0 Å². The van der Waals surface area contributed by atoms with Gasteiger partial charge in [-0.3, -0.25) is 0 Å². The minimum Gasteiger partial charge on any atom is -0.508 e. The molecule has 0 aliphatic rings. The second-order valence-corrected chi connectivity index (χ2v) is 20.4. The molecule has 6 aromatic carbocycles. The number of aryl methyl sites for hydroxylation is 1. The van der Waals surface area contributed by atoms with E-state index >= 15 is 0 Å². The van der Waals surface area contributed by atoms with Crippen LogP contribution < -0.4 is 23.7 Å². The molecule has 0 aromatic heterocycles. The summed E-state index contributed by atoms with van der Waals surface area (Å²) in [5, 5.41) is 18.7. The van der Waals surface area contributed by atoms with E-state index in [2.05, 4.69) is 47.1 Å². The van der Waals surface area contributed by atoms with Crippen molar-refractivity contribution in [1.29, 1.82) is 0 Å². The van der Waals surface area contributed by atoms with Crippen molar-refractivity contribution in [2.24, 2.45) is 0 Å². The van der Waals surface area contributed by atoms with E-state index in [4.69, 9.17) is 9.47 Å². The van der Waals surface area contributed by atoms with E-state index in [0.29, 0.717) is 34.3 Å². The first-order valence-electron chi connectivity index (χ1n) is 26.0. The second-order valence-electron chi connectivity index (χ2n) is 20.4. The van der Waals surface area contributed by atoms with E-state index < -0.39 is 42.6 Å². The third-order valence-electron chi connectivity index (χ3n) is 11.6. The SMILES string of the molecule is CC(C)c1cc(C(F)(F)F)ccc1O.CC(C)c1cc(OC(F)(F)F)ccc1O.CC(C)c1ccc(OC(F)(F)F)cc1.CC(C)c1cccc(OC(F)(F)F)c1.COc1ccc(C(F)(F)F)cc1C(C)C.COc1ccc(C)cc1C(C)C. The molecule has 0 unspecified atom stereocenters. The Bertz CT molecular complexity index is 2880. The molecule has 0 radical (unpaired) electrons. The van der Waals surface area contributed by atoms with Crippen molar-refractivity contribution in [1.82, 2.24) is 0 Å². The zero-order chi connectivity index (χ0) is 64.9. The molecule has 0 saturated heterocycles. The highest BCUT2D eigenvalue weighted by Crippen LogP contribution is 2.37. The number of alkyl halides is 15. The van der Waals surface area contributed by atoms with E-state index in [-0.39, 0.29) is 52.4 Å². The summed E-state index contributed by atoms with van der Waals surface area (Å²) in [6, 6.07) is 28.1. The first kappa shape index (κ1) is 74.9. The van der Waals surface area contributed by atoms with Crippen LogP contribution >= 0.6 is 0 Å². The van der Waals surface area contributed by atoms with Crippen molar-refractivity contribution >= 4 is 0 Å². The maximum Gasteiger partial charge on any atom is 0.573 e. The summed E-state index contributed by atoms with van der Waals surface area (Å²) in [7, 11) is 3.17. The molecular formula is C62H73F15O7. The fourth-order valence-electron chi connectivity index (χ4n) is 7.18. The summed E-state index contributed by atoms with van der Waals surface area (Å²) in [6.07, 6.45) is -22.6. The number of ether oxygens (including phenoxy) is 5. The molecule has 0 bridgehead atoms. The zero-order valence-corrected chi connectivity index (χ0v) is 49.1. The number of hydrogen-bond acceptors (Lipinski definition) is 7. The quantitative estimate of drug-likeness (QED) is 0.125. The van der Waals surface area contributed by atoms with Gasteiger partial charge in [0.05, 0.1) is 25.3 Å². The minimum atomic E-state index is -4.70. The van der Waals surface area contributed by atoms with Crippen LogP contribution in [0.25, 0.3) is 0 Å². The number of methoxy groups -OCH3 is 2. The molecule has 6 aromatic rings. The van der Waals surface area contributed by atoms with Crippen LogP contribution in [0.4, 0.5) is 65.9 Å². The predicted octanol–water partition coefficient (Wildman–Crippen LogP) is 21.3. The third kappa shape index (κ3) is 28.4. The predicted molar refractivity (Wildman–Crippen MR) is 294 cm³/mol. The smallest absolute Gasteiger partial charge is 0.508 e. The largest absolute Gasteiger partial charge is 0.573 e. The van der Waals surface area contributed by atoms with E-state index in [0.717, 1.165) is 53.3 Å². The Morgan fingerprint density at radius 2 is 0.679 bits per heavy atom. The molecule has 6 rings (SSSR count). The molecule has 84 heavy (non-hydrogen) atoms. The van der Waals surface area contributed by atoms with E-state index in [1.54, 1.807) is 59.1 Å². The molecule has 0 aliphatic heterocycles. The monoisotopic (exact) mass is 1210 g/mol. The average molecular weight is 1220 g/mol. The van der Waals surface area contributed by atoms with Gasteiger partial charge >= 0.3 is 31.4 Å². The minimum absolute atomic E-state index is 0.00208. The first-order chi connectivity index (χ1) is 38.4. The standard InChI is InChI=1S/C11H13F3O.C11H16O.C10H11F3O2.3C10H11F3O/c1-7(2)9-6-8(11(12,13)14)4-5-10(9)15-3;1-8(2)10-7-9(3)5-6-11(10)12-4;1-6(2)8-5-7(3-4-9(8)14)15-10(11,12)13;1-7(2)8-3-5-9(6-4-8)14-10(11,12)13;1-6(2)8-5-7(10(11,12)13)3-4-9(8)14;1-7(2)8-4-3-5-9(6-8)14-10(11,12)13/h4-7H,1-3H3;5-8H,1-4H3;3-6,14H,1-2H3;3-7H,1-2H3;3-6,14H,1-2H3;3-7H,1-2H3. The van der Waals surface area contributed by atoms with Crippen LogP contribution in [0.5, 0.6) is 40.2 Å². The molecule has 0 aliphatic carbocycles. The topological polar surface area (TPSA) is 86.6 Å². The Morgan fingerprint density at radius 3 is 1.07 bits per heavy atom. The maximum atomic E-state index is 12.4. The molecular weight excluding hydrogens is 1140 g/mol. The summed E-state index contributed by atoms with van der Waals surface area (Å²) >= 11 is 0. The maximum absolute atomic E-state index is 12.4. The molecule has 0 heterocycles. The molecule has 0 spiro atoms. The number of phenolic OH excluding ortho intramolecular Hbond substituents is 2. The summed E-state index contributed by atoms with van der Waals surface area (Å²) in [6.45, 7) is 24.9. The Labute approximate surface area is 481 Å². The Balaban J connectivity index is 0.000000505. The van der Waals surface area contributed by atoms with Crippen molar-refractivity contribution in [3.8, 4) is 40.2 Å². The van der Waals surface area contributed by atoms with Crippen LogP contribution in [0.2, 0.25) is 0 Å². The highest BCUT2D eigenvalue weighted by molar-refractivity contribution is 5.43. The van der Waals surface area contributed by atoms with Gasteiger partial charge in [-0.15, -0.1) is 39.5 Å². The summed E-state index contributed by atoms with van der Waals surface area (Å²) in [5.74, 6) is 1.54. The zero-order valence-electron chi connectivity index (χ0n) is 49.1. The lowest BCUT2D eigenvalue weighted by Gasteiger charge is -2.14. The molecule has 7 nitrogen and oxygen atoms in total. The number of hydrogen-bond donors (Lipinski definition) is 2. The van der Waals surface area contributed by atoms with Crippen LogP contribution in [0, 0.1) is 6.92 Å². The van der Waals surface area contributed by atoms with E-state index in [9.17, 15) is 76.1 Å². The number of aromatic hydroxyl groups is 2. The lowest BCUT2D eigenvalue weighted by Crippen LogP contribution is -2.17. The van der Waals surface area contributed by atoms with Crippen LogP contribution in [0.15, 0.2) is 121 Å². The van der Waals surface area contributed by atoms with Crippen molar-refractivity contribution < 1.29 is 99.8 Å². The second kappa shape index (κ2) is 32.8. The fourth-order valence-corrected chi connectivity index (χ4v) is 7.18. The van der Waals surface area contributed by atoms with Crippen molar-refractivity contribution in [3.63, 3.8) is 0 Å². The number of phenols is 2. The third-order valence-corrected chi connectivity index (χ3v) is 11.6. The average Bonchev–Trinajstić information content (AvgIpc) is 3.59. The van der Waals surface area contributed by atoms with Crippen LogP contribution in [0.1, 0.15) is 169 Å². The highest BCUT2D eigenvalue weighted by atomic mass is 19.4. The molecule has 0 fully saturated rings. The molecule has 22 heteroatoms. The molecule has 0 saturated carbocycles. The van der Waals surface area contributed by atoms with Gasteiger partial charge in [-0.1, -0.05) is 125 Å². The Hall–Kier alpha value is -7.13. The van der Waals surface area contributed by atoms with Gasteiger partial charge in [0.25, 0.3) is 0 Å². The Morgan fingerprint density at radius 1 is 0.333 bits per heavy atom. The summed E-state index contributed by atoms with van der Waals surface area (Å²) in [4.78, 5) is 0. The molecule has 468 valence electrons. The van der Waals surface area contributed by atoms with Gasteiger partial charge in [-0.05, 0) is 155 Å². The normalized spacial score (nSPS) is 11.7. The van der Waals surface area contributed by atoms with E-state index in [1.165, 1.54) is 60.7 Å². The number of rotatable bonds is 11. The lowest BCUT2D eigenvalue weighted by atomic mass is 9.99. The van der Waals surface area contributed by atoms with Crippen LogP contribution in [0.3, 0.4) is 0 Å². The van der Waals surface area contributed by atoms with Crippen LogP contribution in [-0.2, 0) is 12.4 Å². The van der Waals surface area contributed by atoms with Crippen molar-refractivity contribution in [2.75, 3.05) is 14.2 Å². The summed E-state index contributed by atoms with van der Waals surface area (Å²) in [5.41, 5.74) is 4.36. The Kier molecular flexibility index (Phi) is 29.2. The molecule has 0 amide bonds. The number of benzene rings is 6. The van der Waals surface area contributed by atoms with Gasteiger partial charge in [0.2, 0.25) is 0 Å². The van der Waals surface area contributed by atoms with Gasteiger partial charge in [0.1, 0.15) is 40.2 Å². The van der Waals surface area contributed by atoms with Crippen molar-refractivity contribution in [2.45, 2.75) is 157 Å². The van der Waals surface area contributed by atoms with Gasteiger partial charge in [0, 0.05) is 5.56 Å². The highest BCUT2D eigenvalue weighted by Gasteiger charge is 2.34. The van der Waals surface area contributed by atoms with Gasteiger partial charge in [-0.2, -0.15) is 26.3 Å². The van der Waals surface area contributed by atoms with Gasteiger partial charge < -0.3 is 33.9 Å².